The van der Waals surface area contributed by atoms with E-state index in [4.69, 9.17) is 4.99 Å². The Bertz CT molecular complexity index is 1140. The van der Waals surface area contributed by atoms with Gasteiger partial charge in [-0.2, -0.15) is 0 Å². The summed E-state index contributed by atoms with van der Waals surface area (Å²) in [5.74, 6) is 0.963. The Labute approximate surface area is 206 Å². The van der Waals surface area contributed by atoms with E-state index in [0.29, 0.717) is 0 Å². The van der Waals surface area contributed by atoms with Crippen LogP contribution in [0.3, 0.4) is 0 Å². The van der Waals surface area contributed by atoms with Crippen molar-refractivity contribution in [1.82, 2.24) is 10.2 Å². The number of aliphatic imine (C=N–C) groups is 2. The van der Waals surface area contributed by atoms with Crippen molar-refractivity contribution in [3.8, 4) is 0 Å². The summed E-state index contributed by atoms with van der Waals surface area (Å²) in [4.78, 5) is 11.9. The molecule has 4 heteroatoms. The minimum Gasteiger partial charge on any atom is -0.303 e. The summed E-state index contributed by atoms with van der Waals surface area (Å²) in [6, 6.07) is 0. The zero-order chi connectivity index (χ0) is 24.7. The molecule has 0 unspecified atom stereocenters. The summed E-state index contributed by atoms with van der Waals surface area (Å²) in [5, 5.41) is 3.75. The van der Waals surface area contributed by atoms with Crippen LogP contribution < -0.4 is 5.32 Å². The van der Waals surface area contributed by atoms with Gasteiger partial charge in [-0.15, -0.1) is 0 Å². The summed E-state index contributed by atoms with van der Waals surface area (Å²) in [6.07, 6.45) is 18.9. The van der Waals surface area contributed by atoms with Gasteiger partial charge in [0, 0.05) is 30.0 Å². The van der Waals surface area contributed by atoms with Gasteiger partial charge in [-0.3, -0.25) is 4.99 Å². The molecule has 1 fully saturated rings. The maximum atomic E-state index is 5.04. The van der Waals surface area contributed by atoms with Gasteiger partial charge in [-0.1, -0.05) is 25.2 Å². The zero-order valence-corrected chi connectivity index (χ0v) is 22.0. The molecule has 0 amide bonds. The zero-order valence-electron chi connectivity index (χ0n) is 22.0. The normalized spacial score (nSPS) is 24.0. The van der Waals surface area contributed by atoms with Crippen LogP contribution in [0.25, 0.3) is 0 Å². The van der Waals surface area contributed by atoms with Gasteiger partial charge in [0.2, 0.25) is 0 Å². The Morgan fingerprint density at radius 3 is 2.56 bits per heavy atom. The highest BCUT2D eigenvalue weighted by Crippen LogP contribution is 2.38. The monoisotopic (exact) mass is 456 g/mol. The van der Waals surface area contributed by atoms with Crippen LogP contribution in [-0.2, 0) is 0 Å². The van der Waals surface area contributed by atoms with Crippen LogP contribution in [0.4, 0.5) is 0 Å². The summed E-state index contributed by atoms with van der Waals surface area (Å²) in [6.45, 7) is 17.5. The smallest absolute Gasteiger partial charge is 0.137 e. The molecule has 1 N–H and O–H groups in total. The molecule has 4 rings (SSSR count). The molecular formula is C30H40N4. The number of amidine groups is 1. The molecule has 34 heavy (non-hydrogen) atoms. The molecule has 1 saturated carbocycles. The van der Waals surface area contributed by atoms with E-state index in [1.54, 1.807) is 0 Å². The van der Waals surface area contributed by atoms with E-state index in [1.807, 2.05) is 7.05 Å². The minimum atomic E-state index is -0.0381. The van der Waals surface area contributed by atoms with Gasteiger partial charge in [0.1, 0.15) is 5.84 Å². The van der Waals surface area contributed by atoms with Crippen molar-refractivity contribution in [1.29, 1.82) is 0 Å². The van der Waals surface area contributed by atoms with Gasteiger partial charge in [0.05, 0.1) is 11.4 Å². The number of allylic oxidation sites excluding steroid dienone is 7. The number of hydrogen-bond acceptors (Lipinski definition) is 4. The number of fused-ring (bicyclic) bond motifs is 1. The molecule has 4 aliphatic rings. The Kier molecular flexibility index (Phi) is 6.56. The standard InChI is InChI=1S/C30H40N4/c1-9-20(2)21(3)15-25(31-8)26-16-27(22-11-10-12-22)34-19-23(13-14-28(34)32-26)24-17-29(4,5)33-30(6,7)18-24/h13-17,19,33H,2,9-12,18H2,1,3-8H3/b21-15+,31-25?. The Morgan fingerprint density at radius 1 is 1.24 bits per heavy atom. The molecule has 0 bridgehead atoms. The molecule has 3 heterocycles. The third-order valence-corrected chi connectivity index (χ3v) is 7.05. The van der Waals surface area contributed by atoms with E-state index in [-0.39, 0.29) is 11.1 Å². The highest BCUT2D eigenvalue weighted by molar-refractivity contribution is 6.12. The predicted molar refractivity (Wildman–Crippen MR) is 146 cm³/mol. The highest BCUT2D eigenvalue weighted by atomic mass is 15.2. The van der Waals surface area contributed by atoms with Crippen LogP contribution in [0.15, 0.2) is 92.4 Å². The summed E-state index contributed by atoms with van der Waals surface area (Å²) in [5.41, 5.74) is 9.58. The van der Waals surface area contributed by atoms with Gasteiger partial charge in [0.25, 0.3) is 0 Å². The van der Waals surface area contributed by atoms with Crippen LogP contribution in [0, 0.1) is 0 Å². The average Bonchev–Trinajstić information content (AvgIpc) is 2.72. The molecule has 0 radical (unpaired) electrons. The van der Waals surface area contributed by atoms with E-state index in [2.05, 4.69) is 99.9 Å². The molecule has 180 valence electrons. The molecule has 0 saturated heterocycles. The number of nitrogens with one attached hydrogen (secondary N) is 1. The van der Waals surface area contributed by atoms with Gasteiger partial charge >= 0.3 is 0 Å². The number of nitrogens with zero attached hydrogens (tertiary/aromatic N) is 3. The lowest BCUT2D eigenvalue weighted by Crippen LogP contribution is -2.54. The molecule has 0 atom stereocenters. The number of rotatable bonds is 5. The van der Waals surface area contributed by atoms with E-state index in [1.165, 1.54) is 28.8 Å². The predicted octanol–water partition coefficient (Wildman–Crippen LogP) is 6.94. The molecule has 0 aromatic heterocycles. The molecule has 0 aromatic rings. The van der Waals surface area contributed by atoms with E-state index in [9.17, 15) is 0 Å². The van der Waals surface area contributed by atoms with Crippen LogP contribution in [0.2, 0.25) is 0 Å². The second-order valence-electron chi connectivity index (χ2n) is 11.1. The van der Waals surface area contributed by atoms with Crippen LogP contribution in [-0.4, -0.2) is 34.6 Å². The van der Waals surface area contributed by atoms with Crippen molar-refractivity contribution in [2.24, 2.45) is 9.98 Å². The molecule has 0 spiro atoms. The van der Waals surface area contributed by atoms with Crippen LogP contribution >= 0.6 is 0 Å². The van der Waals surface area contributed by atoms with E-state index in [0.717, 1.165) is 54.1 Å². The Hall–Kier alpha value is -2.72. The fourth-order valence-corrected chi connectivity index (χ4v) is 5.27. The summed E-state index contributed by atoms with van der Waals surface area (Å²) >= 11 is 0. The third kappa shape index (κ3) is 5.02. The van der Waals surface area contributed by atoms with Crippen molar-refractivity contribution in [2.45, 2.75) is 84.7 Å². The number of hydrogen-bond donors (Lipinski definition) is 1. The van der Waals surface area contributed by atoms with Crippen LogP contribution in [0.5, 0.6) is 0 Å². The molecule has 1 aliphatic carbocycles. The van der Waals surface area contributed by atoms with Crippen molar-refractivity contribution >= 4 is 11.5 Å². The fraction of sp³-hybridized carbons (Fsp3) is 0.467. The van der Waals surface area contributed by atoms with Crippen molar-refractivity contribution in [2.75, 3.05) is 7.05 Å². The van der Waals surface area contributed by atoms with Crippen molar-refractivity contribution in [3.63, 3.8) is 0 Å². The maximum Gasteiger partial charge on any atom is 0.137 e. The maximum absolute atomic E-state index is 5.04. The second-order valence-corrected chi connectivity index (χ2v) is 11.1. The van der Waals surface area contributed by atoms with Crippen molar-refractivity contribution in [3.05, 3.63) is 82.4 Å². The Balaban J connectivity index is 1.73. The topological polar surface area (TPSA) is 40.0 Å². The quantitative estimate of drug-likeness (QED) is 0.360. The van der Waals surface area contributed by atoms with Crippen molar-refractivity contribution < 1.29 is 0 Å². The first kappa shape index (κ1) is 24.4. The third-order valence-electron chi connectivity index (χ3n) is 7.05. The fourth-order valence-electron chi connectivity index (χ4n) is 5.27. The molecule has 0 aromatic carbocycles. The summed E-state index contributed by atoms with van der Waals surface area (Å²) in [7, 11) is 1.85. The average molecular weight is 457 g/mol. The highest BCUT2D eigenvalue weighted by Gasteiger charge is 2.34. The summed E-state index contributed by atoms with van der Waals surface area (Å²) < 4.78 is 0. The molecule has 4 nitrogen and oxygen atoms in total. The SMILES string of the molecule is C=C(CC)/C(C)=C/C(=NC)C1=CC(=C2CCC2)N2C=C(C3=CC(C)(C)NC(C)(C)C3)C=CC2=N1. The molecular weight excluding hydrogens is 416 g/mol. The lowest BCUT2D eigenvalue weighted by atomic mass is 9.80. The second kappa shape index (κ2) is 9.14. The van der Waals surface area contributed by atoms with Gasteiger partial charge in [0.15, 0.2) is 0 Å². The lowest BCUT2D eigenvalue weighted by Gasteiger charge is -2.42. The van der Waals surface area contributed by atoms with E-state index >= 15 is 0 Å². The first-order valence-corrected chi connectivity index (χ1v) is 12.6. The van der Waals surface area contributed by atoms with Gasteiger partial charge in [-0.05, 0) is 113 Å². The van der Waals surface area contributed by atoms with Gasteiger partial charge in [-0.25, -0.2) is 4.99 Å². The van der Waals surface area contributed by atoms with Crippen LogP contribution in [0.1, 0.15) is 73.6 Å². The van der Waals surface area contributed by atoms with E-state index < -0.39 is 0 Å². The first-order chi connectivity index (χ1) is 16.0. The Morgan fingerprint density at radius 2 is 1.97 bits per heavy atom. The minimum absolute atomic E-state index is 0.0381. The lowest BCUT2D eigenvalue weighted by molar-refractivity contribution is 0.285. The first-order valence-electron chi connectivity index (χ1n) is 12.6. The largest absolute Gasteiger partial charge is 0.303 e. The van der Waals surface area contributed by atoms with Gasteiger partial charge < -0.3 is 10.2 Å². The molecule has 3 aliphatic heterocycles.